The van der Waals surface area contributed by atoms with E-state index in [9.17, 15) is 9.59 Å². The van der Waals surface area contributed by atoms with Crippen LogP contribution in [0.5, 0.6) is 11.5 Å². The number of nitrogens with zero attached hydrogens (tertiary/aromatic N) is 2. The molecule has 1 atom stereocenters. The van der Waals surface area contributed by atoms with Crippen LogP contribution in [0.25, 0.3) is 0 Å². The molecule has 6 nitrogen and oxygen atoms in total. The molecule has 1 aliphatic carbocycles. The molecule has 2 amide bonds. The molecule has 6 heteroatoms. The van der Waals surface area contributed by atoms with Crippen LogP contribution in [0, 0.1) is 5.41 Å². The first kappa shape index (κ1) is 21.0. The summed E-state index contributed by atoms with van der Waals surface area (Å²) in [5.74, 6) is 1.42. The third-order valence-corrected chi connectivity index (χ3v) is 7.46. The number of carbonyl (C=O) groups excluding carboxylic acids is 2. The van der Waals surface area contributed by atoms with Crippen molar-refractivity contribution in [3.8, 4) is 11.5 Å². The summed E-state index contributed by atoms with van der Waals surface area (Å²) in [7, 11) is 3.29. The molecular weight excluding hydrogens is 404 g/mol. The van der Waals surface area contributed by atoms with Gasteiger partial charge in [-0.05, 0) is 48.1 Å². The maximum absolute atomic E-state index is 13.3. The van der Waals surface area contributed by atoms with Gasteiger partial charge in [-0.25, -0.2) is 0 Å². The van der Waals surface area contributed by atoms with Crippen LogP contribution in [0.1, 0.15) is 54.8 Å². The van der Waals surface area contributed by atoms with E-state index in [1.54, 1.807) is 14.2 Å². The second-order valence-corrected chi connectivity index (χ2v) is 9.21. The largest absolute Gasteiger partial charge is 0.493 e. The highest BCUT2D eigenvalue weighted by Crippen LogP contribution is 2.47. The van der Waals surface area contributed by atoms with Crippen LogP contribution in [0.4, 0.5) is 0 Å². The van der Waals surface area contributed by atoms with Crippen LogP contribution in [0.15, 0.2) is 42.5 Å². The Hall–Kier alpha value is -2.86. The zero-order chi connectivity index (χ0) is 22.3. The van der Waals surface area contributed by atoms with E-state index in [-0.39, 0.29) is 17.9 Å². The Morgan fingerprint density at radius 2 is 1.69 bits per heavy atom. The second kappa shape index (κ2) is 8.24. The predicted octanol–water partition coefficient (Wildman–Crippen LogP) is 3.93. The van der Waals surface area contributed by atoms with Gasteiger partial charge in [0.15, 0.2) is 11.5 Å². The fourth-order valence-electron chi connectivity index (χ4n) is 5.80. The molecule has 2 heterocycles. The maximum Gasteiger partial charge on any atom is 0.237 e. The first-order chi connectivity index (χ1) is 15.6. The van der Waals surface area contributed by atoms with Gasteiger partial charge in [-0.1, -0.05) is 43.2 Å². The molecule has 0 aromatic heterocycles. The smallest absolute Gasteiger partial charge is 0.237 e. The Bertz CT molecular complexity index is 1030. The van der Waals surface area contributed by atoms with E-state index in [4.69, 9.17) is 9.47 Å². The number of likely N-dealkylation sites (tertiary alicyclic amines) is 1. The van der Waals surface area contributed by atoms with Crippen LogP contribution in [-0.2, 0) is 16.0 Å². The van der Waals surface area contributed by atoms with E-state index >= 15 is 0 Å². The Balaban J connectivity index is 1.51. The van der Waals surface area contributed by atoms with Gasteiger partial charge in [0.1, 0.15) is 0 Å². The SMILES string of the molecule is COc1cc2c(cc1OC)C(c1ccccc1)N(CN1C(=O)CC3(CCCC3)C1=O)CC2. The van der Waals surface area contributed by atoms with E-state index in [1.807, 2.05) is 24.3 Å². The fraction of sp³-hybridized carbons (Fsp3) is 0.462. The number of rotatable bonds is 5. The van der Waals surface area contributed by atoms with Crippen molar-refractivity contribution in [2.45, 2.75) is 44.6 Å². The summed E-state index contributed by atoms with van der Waals surface area (Å²) < 4.78 is 11.1. The summed E-state index contributed by atoms with van der Waals surface area (Å²) in [5.41, 5.74) is 3.04. The van der Waals surface area contributed by atoms with Crippen LogP contribution in [0.3, 0.4) is 0 Å². The third kappa shape index (κ3) is 3.37. The normalized spacial score (nSPS) is 22.4. The number of benzene rings is 2. The standard InChI is InChI=1S/C26H30N2O4/c1-31-21-14-19-10-13-27(17-28-23(29)16-26(25(28)30)11-6-7-12-26)24(18-8-4-3-5-9-18)20(19)15-22(21)32-2/h3-5,8-9,14-15,24H,6-7,10-13,16-17H2,1-2H3. The third-order valence-electron chi connectivity index (χ3n) is 7.46. The van der Waals surface area contributed by atoms with Crippen molar-refractivity contribution in [1.29, 1.82) is 0 Å². The van der Waals surface area contributed by atoms with Gasteiger partial charge in [-0.15, -0.1) is 0 Å². The first-order valence-corrected chi connectivity index (χ1v) is 11.4. The van der Waals surface area contributed by atoms with Crippen LogP contribution in [-0.4, -0.2) is 49.0 Å². The molecule has 2 fully saturated rings. The van der Waals surface area contributed by atoms with Gasteiger partial charge in [-0.3, -0.25) is 19.4 Å². The van der Waals surface area contributed by atoms with Crippen LogP contribution >= 0.6 is 0 Å². The summed E-state index contributed by atoms with van der Waals surface area (Å²) in [4.78, 5) is 30.0. The van der Waals surface area contributed by atoms with Gasteiger partial charge in [0, 0.05) is 13.0 Å². The molecule has 5 rings (SSSR count). The van der Waals surface area contributed by atoms with Crippen molar-refractivity contribution in [2.75, 3.05) is 27.4 Å². The zero-order valence-electron chi connectivity index (χ0n) is 18.8. The Labute approximate surface area is 189 Å². The van der Waals surface area contributed by atoms with Crippen LogP contribution < -0.4 is 9.47 Å². The van der Waals surface area contributed by atoms with Crippen molar-refractivity contribution in [3.63, 3.8) is 0 Å². The number of ether oxygens (including phenoxy) is 2. The minimum atomic E-state index is -0.441. The highest BCUT2D eigenvalue weighted by atomic mass is 16.5. The Morgan fingerprint density at radius 3 is 2.38 bits per heavy atom. The van der Waals surface area contributed by atoms with Gasteiger partial charge < -0.3 is 9.47 Å². The molecule has 2 aromatic carbocycles. The number of methoxy groups -OCH3 is 2. The highest BCUT2D eigenvalue weighted by Gasteiger charge is 2.53. The molecule has 0 N–H and O–H groups in total. The topological polar surface area (TPSA) is 59.1 Å². The molecule has 1 unspecified atom stereocenters. The number of hydrogen-bond donors (Lipinski definition) is 0. The van der Waals surface area contributed by atoms with Gasteiger partial charge in [0.05, 0.1) is 32.3 Å². The number of fused-ring (bicyclic) bond motifs is 1. The van der Waals surface area contributed by atoms with Gasteiger partial charge in [0.2, 0.25) is 11.8 Å². The minimum absolute atomic E-state index is 0.0261. The average Bonchev–Trinajstić information content (AvgIpc) is 3.38. The fourth-order valence-corrected chi connectivity index (χ4v) is 5.80. The van der Waals surface area contributed by atoms with Gasteiger partial charge in [-0.2, -0.15) is 0 Å². The molecule has 1 spiro atoms. The molecule has 2 aromatic rings. The van der Waals surface area contributed by atoms with Crippen molar-refractivity contribution < 1.29 is 19.1 Å². The average molecular weight is 435 g/mol. The van der Waals surface area contributed by atoms with E-state index in [1.165, 1.54) is 10.5 Å². The first-order valence-electron chi connectivity index (χ1n) is 11.4. The zero-order valence-corrected chi connectivity index (χ0v) is 18.8. The van der Waals surface area contributed by atoms with Crippen molar-refractivity contribution in [1.82, 2.24) is 9.80 Å². The summed E-state index contributed by atoms with van der Waals surface area (Å²) in [5, 5.41) is 0. The minimum Gasteiger partial charge on any atom is -0.493 e. The summed E-state index contributed by atoms with van der Waals surface area (Å²) >= 11 is 0. The van der Waals surface area contributed by atoms with E-state index in [0.717, 1.165) is 55.5 Å². The Kier molecular flexibility index (Phi) is 5.41. The number of imide groups is 1. The summed E-state index contributed by atoms with van der Waals surface area (Å²) in [6.45, 7) is 1.08. The lowest BCUT2D eigenvalue weighted by molar-refractivity contribution is -0.144. The number of amides is 2. The van der Waals surface area contributed by atoms with Crippen molar-refractivity contribution in [2.24, 2.45) is 5.41 Å². The lowest BCUT2D eigenvalue weighted by Gasteiger charge is -2.39. The van der Waals surface area contributed by atoms with Gasteiger partial charge in [0.25, 0.3) is 0 Å². The summed E-state index contributed by atoms with van der Waals surface area (Å²) in [6, 6.07) is 14.3. The summed E-state index contributed by atoms with van der Waals surface area (Å²) in [6.07, 6.45) is 4.96. The molecule has 0 radical (unpaired) electrons. The van der Waals surface area contributed by atoms with E-state index in [2.05, 4.69) is 23.1 Å². The molecule has 0 bridgehead atoms. The second-order valence-electron chi connectivity index (χ2n) is 9.21. The number of hydrogen-bond acceptors (Lipinski definition) is 5. The quantitative estimate of drug-likeness (QED) is 0.668. The van der Waals surface area contributed by atoms with Gasteiger partial charge >= 0.3 is 0 Å². The molecule has 1 saturated heterocycles. The van der Waals surface area contributed by atoms with Crippen molar-refractivity contribution in [3.05, 3.63) is 59.2 Å². The van der Waals surface area contributed by atoms with E-state index < -0.39 is 5.41 Å². The molecule has 32 heavy (non-hydrogen) atoms. The lowest BCUT2D eigenvalue weighted by Crippen LogP contribution is -2.47. The molecule has 1 saturated carbocycles. The number of carbonyl (C=O) groups is 2. The molecular formula is C26H30N2O4. The van der Waals surface area contributed by atoms with E-state index in [0.29, 0.717) is 18.8 Å². The highest BCUT2D eigenvalue weighted by molar-refractivity contribution is 6.06. The Morgan fingerprint density at radius 1 is 1.00 bits per heavy atom. The monoisotopic (exact) mass is 434 g/mol. The maximum atomic E-state index is 13.3. The lowest BCUT2D eigenvalue weighted by atomic mass is 9.84. The van der Waals surface area contributed by atoms with Crippen LogP contribution in [0.2, 0.25) is 0 Å². The molecule has 3 aliphatic rings. The molecule has 168 valence electrons. The predicted molar refractivity (Wildman–Crippen MR) is 120 cm³/mol. The van der Waals surface area contributed by atoms with Crippen molar-refractivity contribution >= 4 is 11.8 Å². The molecule has 2 aliphatic heterocycles.